The van der Waals surface area contributed by atoms with E-state index in [4.69, 9.17) is 5.73 Å². The summed E-state index contributed by atoms with van der Waals surface area (Å²) in [4.78, 5) is 0. The van der Waals surface area contributed by atoms with Crippen LogP contribution >= 0.6 is 0 Å². The molecule has 0 unspecified atom stereocenters. The van der Waals surface area contributed by atoms with Crippen LogP contribution in [0.25, 0.3) is 0 Å². The Bertz CT molecular complexity index is 112. The van der Waals surface area contributed by atoms with Crippen molar-refractivity contribution in [1.29, 1.82) is 0 Å². The van der Waals surface area contributed by atoms with Gasteiger partial charge in [0.2, 0.25) is 0 Å². The van der Waals surface area contributed by atoms with E-state index in [0.29, 0.717) is 0 Å². The van der Waals surface area contributed by atoms with Crippen LogP contribution in [-0.2, 0) is 0 Å². The number of nitrogens with two attached hydrogens (primary N) is 1. The molecule has 0 heterocycles. The molecule has 2 N–H and O–H groups in total. The molecule has 0 saturated carbocycles. The van der Waals surface area contributed by atoms with Gasteiger partial charge in [-0.15, -0.1) is 0 Å². The molecule has 0 aromatic carbocycles. The van der Waals surface area contributed by atoms with Crippen molar-refractivity contribution in [3.05, 3.63) is 23.9 Å². The maximum atomic E-state index is 5.54. The SMILES string of the molecule is C/C=C\C(N)=C/CCC. The summed E-state index contributed by atoms with van der Waals surface area (Å²) in [5, 5.41) is 0. The highest BCUT2D eigenvalue weighted by Crippen LogP contribution is 1.93. The van der Waals surface area contributed by atoms with Gasteiger partial charge in [-0.2, -0.15) is 0 Å². The number of rotatable bonds is 3. The smallest absolute Gasteiger partial charge is 0.0270 e. The highest BCUT2D eigenvalue weighted by atomic mass is 14.5. The average molecular weight is 125 g/mol. The van der Waals surface area contributed by atoms with Crippen LogP contribution in [0.5, 0.6) is 0 Å². The number of hydrogen-bond donors (Lipinski definition) is 1. The Morgan fingerprint density at radius 1 is 1.56 bits per heavy atom. The van der Waals surface area contributed by atoms with Crippen molar-refractivity contribution in [2.75, 3.05) is 0 Å². The molecule has 52 valence electrons. The van der Waals surface area contributed by atoms with Gasteiger partial charge in [0, 0.05) is 5.70 Å². The van der Waals surface area contributed by atoms with E-state index < -0.39 is 0 Å². The highest BCUT2D eigenvalue weighted by Gasteiger charge is 1.78. The van der Waals surface area contributed by atoms with Gasteiger partial charge in [-0.05, 0) is 19.4 Å². The van der Waals surface area contributed by atoms with Crippen LogP contribution in [0.1, 0.15) is 26.7 Å². The number of unbranched alkanes of at least 4 members (excludes halogenated alkanes) is 1. The minimum absolute atomic E-state index is 0.874. The zero-order valence-electron chi connectivity index (χ0n) is 6.22. The van der Waals surface area contributed by atoms with Crippen LogP contribution in [0.2, 0.25) is 0 Å². The quantitative estimate of drug-likeness (QED) is 0.575. The fraction of sp³-hybridized carbons (Fsp3) is 0.500. The summed E-state index contributed by atoms with van der Waals surface area (Å²) < 4.78 is 0. The lowest BCUT2D eigenvalue weighted by Gasteiger charge is -1.89. The van der Waals surface area contributed by atoms with Gasteiger partial charge in [0.15, 0.2) is 0 Å². The van der Waals surface area contributed by atoms with E-state index in [1.807, 2.05) is 25.2 Å². The lowest BCUT2D eigenvalue weighted by molar-refractivity contribution is 0.950. The van der Waals surface area contributed by atoms with E-state index in [1.165, 1.54) is 0 Å². The Morgan fingerprint density at radius 3 is 2.67 bits per heavy atom. The molecule has 0 amide bonds. The predicted octanol–water partition coefficient (Wildman–Crippen LogP) is 2.21. The molecular formula is C8H15N. The van der Waals surface area contributed by atoms with Gasteiger partial charge >= 0.3 is 0 Å². The van der Waals surface area contributed by atoms with E-state index in [2.05, 4.69) is 6.92 Å². The number of hydrogen-bond acceptors (Lipinski definition) is 1. The molecule has 0 aromatic heterocycles. The van der Waals surface area contributed by atoms with E-state index in [1.54, 1.807) is 0 Å². The Balaban J connectivity index is 3.55. The van der Waals surface area contributed by atoms with Crippen LogP contribution in [0.15, 0.2) is 23.9 Å². The van der Waals surface area contributed by atoms with Crippen LogP contribution in [0, 0.1) is 0 Å². The van der Waals surface area contributed by atoms with Crippen LogP contribution in [0.3, 0.4) is 0 Å². The second kappa shape index (κ2) is 5.42. The van der Waals surface area contributed by atoms with Gasteiger partial charge in [0.05, 0.1) is 0 Å². The molecule has 1 nitrogen and oxygen atoms in total. The Hall–Kier alpha value is -0.720. The maximum absolute atomic E-state index is 5.54. The normalized spacial score (nSPS) is 12.9. The monoisotopic (exact) mass is 125 g/mol. The summed E-state index contributed by atoms with van der Waals surface area (Å²) in [7, 11) is 0. The lowest BCUT2D eigenvalue weighted by Crippen LogP contribution is -1.91. The average Bonchev–Trinajstić information content (AvgIpc) is 1.85. The number of allylic oxidation sites excluding steroid dienone is 3. The zero-order valence-corrected chi connectivity index (χ0v) is 6.22. The third kappa shape index (κ3) is 5.15. The first-order valence-electron chi connectivity index (χ1n) is 3.39. The molecule has 0 aliphatic rings. The molecule has 1 heteroatoms. The van der Waals surface area contributed by atoms with Crippen molar-refractivity contribution in [2.24, 2.45) is 5.73 Å². The molecule has 0 bridgehead atoms. The molecule has 0 saturated heterocycles. The van der Waals surface area contributed by atoms with Crippen LogP contribution < -0.4 is 5.73 Å². The zero-order chi connectivity index (χ0) is 7.11. The fourth-order valence-electron chi connectivity index (χ4n) is 0.571. The molecule has 0 atom stereocenters. The fourth-order valence-corrected chi connectivity index (χ4v) is 0.571. The summed E-state index contributed by atoms with van der Waals surface area (Å²) in [5.74, 6) is 0. The molecule has 0 aliphatic carbocycles. The largest absolute Gasteiger partial charge is 0.399 e. The van der Waals surface area contributed by atoms with Gasteiger partial charge in [0.1, 0.15) is 0 Å². The van der Waals surface area contributed by atoms with E-state index >= 15 is 0 Å². The molecular weight excluding hydrogens is 110 g/mol. The summed E-state index contributed by atoms with van der Waals surface area (Å²) in [5.41, 5.74) is 6.42. The van der Waals surface area contributed by atoms with Crippen molar-refractivity contribution in [2.45, 2.75) is 26.7 Å². The van der Waals surface area contributed by atoms with Gasteiger partial charge in [-0.1, -0.05) is 25.5 Å². The van der Waals surface area contributed by atoms with Gasteiger partial charge in [-0.25, -0.2) is 0 Å². The van der Waals surface area contributed by atoms with Crippen molar-refractivity contribution >= 4 is 0 Å². The highest BCUT2D eigenvalue weighted by molar-refractivity contribution is 5.13. The Morgan fingerprint density at radius 2 is 2.22 bits per heavy atom. The topological polar surface area (TPSA) is 26.0 Å². The Kier molecular flexibility index (Phi) is 4.98. The second-order valence-electron chi connectivity index (χ2n) is 1.99. The molecule has 0 rings (SSSR count). The third-order valence-corrected chi connectivity index (χ3v) is 1.03. The second-order valence-corrected chi connectivity index (χ2v) is 1.99. The first kappa shape index (κ1) is 8.28. The molecule has 0 fully saturated rings. The van der Waals surface area contributed by atoms with E-state index in [0.717, 1.165) is 18.5 Å². The Labute approximate surface area is 57.3 Å². The molecule has 9 heavy (non-hydrogen) atoms. The van der Waals surface area contributed by atoms with Crippen LogP contribution in [-0.4, -0.2) is 0 Å². The van der Waals surface area contributed by atoms with Gasteiger partial charge in [-0.3, -0.25) is 0 Å². The summed E-state index contributed by atoms with van der Waals surface area (Å²) in [6.45, 7) is 4.10. The van der Waals surface area contributed by atoms with Gasteiger partial charge < -0.3 is 5.73 Å². The molecule has 0 aliphatic heterocycles. The summed E-state index contributed by atoms with van der Waals surface area (Å²) >= 11 is 0. The summed E-state index contributed by atoms with van der Waals surface area (Å²) in [6.07, 6.45) is 8.14. The molecule has 0 spiro atoms. The van der Waals surface area contributed by atoms with Crippen molar-refractivity contribution in [1.82, 2.24) is 0 Å². The minimum Gasteiger partial charge on any atom is -0.399 e. The lowest BCUT2D eigenvalue weighted by atomic mass is 10.3. The molecule has 0 radical (unpaired) electrons. The molecule has 0 aromatic rings. The third-order valence-electron chi connectivity index (χ3n) is 1.03. The first-order chi connectivity index (χ1) is 4.31. The van der Waals surface area contributed by atoms with E-state index in [9.17, 15) is 0 Å². The van der Waals surface area contributed by atoms with Gasteiger partial charge in [0.25, 0.3) is 0 Å². The first-order valence-corrected chi connectivity index (χ1v) is 3.39. The van der Waals surface area contributed by atoms with Crippen LogP contribution in [0.4, 0.5) is 0 Å². The predicted molar refractivity (Wildman–Crippen MR) is 42.0 cm³/mol. The van der Waals surface area contributed by atoms with Crippen molar-refractivity contribution in [3.8, 4) is 0 Å². The van der Waals surface area contributed by atoms with Crippen molar-refractivity contribution < 1.29 is 0 Å². The van der Waals surface area contributed by atoms with Crippen molar-refractivity contribution in [3.63, 3.8) is 0 Å². The minimum atomic E-state index is 0.874. The maximum Gasteiger partial charge on any atom is 0.0270 e. The summed E-state index contributed by atoms with van der Waals surface area (Å²) in [6, 6.07) is 0. The van der Waals surface area contributed by atoms with E-state index in [-0.39, 0.29) is 0 Å². The standard InChI is InChI=1S/C8H15N/c1-3-5-7-8(9)6-4-2/h4,6-7H,3,5,9H2,1-2H3/b6-4-,8-7+.